The minimum atomic E-state index is -0.682. The van der Waals surface area contributed by atoms with Crippen LogP contribution in [0.2, 0.25) is 0 Å². The van der Waals surface area contributed by atoms with Crippen LogP contribution in [0.25, 0.3) is 10.9 Å². The maximum Gasteiger partial charge on any atom is 0.262 e. The first-order valence-electron chi connectivity index (χ1n) is 10.5. The molecular weight excluding hydrogens is 378 g/mol. The Bertz CT molecular complexity index is 1110. The van der Waals surface area contributed by atoms with Gasteiger partial charge in [-0.15, -0.1) is 0 Å². The summed E-state index contributed by atoms with van der Waals surface area (Å²) in [5.41, 5.74) is 1.59. The quantitative estimate of drug-likeness (QED) is 0.627. The summed E-state index contributed by atoms with van der Waals surface area (Å²) in [6.45, 7) is 6.72. The monoisotopic (exact) mass is 405 g/mol. The van der Waals surface area contributed by atoms with Crippen LogP contribution in [0.15, 0.2) is 59.4 Å². The Kier molecular flexibility index (Phi) is 5.68. The van der Waals surface area contributed by atoms with Gasteiger partial charge in [0.05, 0.1) is 10.9 Å². The van der Waals surface area contributed by atoms with Gasteiger partial charge in [-0.1, -0.05) is 56.3 Å². The van der Waals surface area contributed by atoms with Crippen molar-refractivity contribution < 1.29 is 9.53 Å². The van der Waals surface area contributed by atoms with Crippen LogP contribution in [0.3, 0.4) is 0 Å². The van der Waals surface area contributed by atoms with Crippen LogP contribution in [0.4, 0.5) is 0 Å². The smallest absolute Gasteiger partial charge is 0.262 e. The molecule has 2 aromatic carbocycles. The molecule has 0 aliphatic carbocycles. The van der Waals surface area contributed by atoms with Gasteiger partial charge in [-0.05, 0) is 37.0 Å². The Morgan fingerprint density at radius 1 is 1.03 bits per heavy atom. The van der Waals surface area contributed by atoms with E-state index in [2.05, 4.69) is 0 Å². The van der Waals surface area contributed by atoms with Crippen molar-refractivity contribution in [3.8, 4) is 0 Å². The normalized spacial score (nSPS) is 18.8. The zero-order valence-electron chi connectivity index (χ0n) is 17.6. The van der Waals surface area contributed by atoms with E-state index in [1.54, 1.807) is 15.5 Å². The molecule has 0 unspecified atom stereocenters. The van der Waals surface area contributed by atoms with Gasteiger partial charge in [-0.2, -0.15) is 0 Å². The van der Waals surface area contributed by atoms with Gasteiger partial charge in [0.15, 0.2) is 12.1 Å². The van der Waals surface area contributed by atoms with Crippen LogP contribution in [-0.4, -0.2) is 33.5 Å². The standard InChI is InChI=1S/C24H27N3O3/c1-4-30-24-21-25-19-13-9-8-12-18(19)22(28)27(21)20(16(2)3)23(29)26(24)15-14-17-10-6-5-7-11-17/h5-13,16,20,24H,4,14-15H2,1-3H3/t20-,24-/m0/s1. The highest BCUT2D eigenvalue weighted by Crippen LogP contribution is 2.34. The second-order valence-electron chi connectivity index (χ2n) is 7.93. The third kappa shape index (κ3) is 3.52. The molecule has 0 bridgehead atoms. The topological polar surface area (TPSA) is 64.4 Å². The zero-order chi connectivity index (χ0) is 21.3. The lowest BCUT2D eigenvalue weighted by Gasteiger charge is -2.41. The highest BCUT2D eigenvalue weighted by molar-refractivity contribution is 5.84. The lowest BCUT2D eigenvalue weighted by atomic mass is 9.98. The van der Waals surface area contributed by atoms with Crippen molar-refractivity contribution in [2.75, 3.05) is 13.2 Å². The average Bonchev–Trinajstić information content (AvgIpc) is 2.75. The summed E-state index contributed by atoms with van der Waals surface area (Å²) in [6, 6.07) is 16.7. The Balaban J connectivity index is 1.84. The summed E-state index contributed by atoms with van der Waals surface area (Å²) in [4.78, 5) is 33.5. The van der Waals surface area contributed by atoms with Crippen molar-refractivity contribution in [2.45, 2.75) is 39.5 Å². The van der Waals surface area contributed by atoms with Crippen molar-refractivity contribution in [3.63, 3.8) is 0 Å². The zero-order valence-corrected chi connectivity index (χ0v) is 17.6. The van der Waals surface area contributed by atoms with E-state index < -0.39 is 12.3 Å². The summed E-state index contributed by atoms with van der Waals surface area (Å²) in [5, 5.41) is 0.521. The Labute approximate surface area is 176 Å². The molecule has 0 radical (unpaired) electrons. The number of benzene rings is 2. The second-order valence-corrected chi connectivity index (χ2v) is 7.93. The van der Waals surface area contributed by atoms with Gasteiger partial charge in [0.25, 0.3) is 5.56 Å². The molecule has 0 saturated carbocycles. The molecule has 1 amide bonds. The van der Waals surface area contributed by atoms with Crippen LogP contribution in [-0.2, 0) is 16.0 Å². The summed E-state index contributed by atoms with van der Waals surface area (Å²) < 4.78 is 7.56. The van der Waals surface area contributed by atoms with E-state index in [0.717, 1.165) is 5.56 Å². The number of ether oxygens (including phenoxy) is 1. The molecule has 6 heteroatoms. The van der Waals surface area contributed by atoms with Crippen molar-refractivity contribution in [3.05, 3.63) is 76.3 Å². The van der Waals surface area contributed by atoms with Crippen molar-refractivity contribution in [1.29, 1.82) is 0 Å². The van der Waals surface area contributed by atoms with Gasteiger partial charge in [0.2, 0.25) is 5.91 Å². The van der Waals surface area contributed by atoms with Crippen LogP contribution in [0.5, 0.6) is 0 Å². The number of para-hydroxylation sites is 1. The first kappa shape index (κ1) is 20.3. The molecule has 1 aromatic heterocycles. The number of nitrogens with zero attached hydrogens (tertiary/aromatic N) is 3. The molecule has 2 heterocycles. The molecule has 0 fully saturated rings. The number of aromatic nitrogens is 2. The second kappa shape index (κ2) is 8.40. The van der Waals surface area contributed by atoms with Crippen molar-refractivity contribution in [2.24, 2.45) is 5.92 Å². The fourth-order valence-corrected chi connectivity index (χ4v) is 4.17. The summed E-state index contributed by atoms with van der Waals surface area (Å²) in [5.74, 6) is 0.358. The maximum atomic E-state index is 13.6. The highest BCUT2D eigenvalue weighted by Gasteiger charge is 2.43. The fourth-order valence-electron chi connectivity index (χ4n) is 4.17. The highest BCUT2D eigenvalue weighted by atomic mass is 16.5. The number of rotatable bonds is 6. The predicted octanol–water partition coefficient (Wildman–Crippen LogP) is 3.71. The lowest BCUT2D eigenvalue weighted by molar-refractivity contribution is -0.159. The van der Waals surface area contributed by atoms with Crippen molar-refractivity contribution >= 4 is 16.8 Å². The van der Waals surface area contributed by atoms with Crippen molar-refractivity contribution in [1.82, 2.24) is 14.5 Å². The van der Waals surface area contributed by atoms with E-state index in [9.17, 15) is 9.59 Å². The first-order valence-corrected chi connectivity index (χ1v) is 10.5. The number of amides is 1. The molecule has 3 aromatic rings. The average molecular weight is 405 g/mol. The van der Waals surface area contributed by atoms with Crippen LogP contribution in [0.1, 0.15) is 44.4 Å². The molecule has 6 nitrogen and oxygen atoms in total. The molecule has 30 heavy (non-hydrogen) atoms. The summed E-state index contributed by atoms with van der Waals surface area (Å²) in [6.07, 6.45) is 0.0252. The molecule has 0 N–H and O–H groups in total. The van der Waals surface area contributed by atoms with E-state index in [1.165, 1.54) is 0 Å². The minimum absolute atomic E-state index is 0.0567. The summed E-state index contributed by atoms with van der Waals surface area (Å²) in [7, 11) is 0. The molecular formula is C24H27N3O3. The largest absolute Gasteiger partial charge is 0.351 e. The van der Waals surface area contributed by atoms with Crippen LogP contribution >= 0.6 is 0 Å². The molecule has 156 valence electrons. The molecule has 0 spiro atoms. The van der Waals surface area contributed by atoms with E-state index in [4.69, 9.17) is 9.72 Å². The SMILES string of the molecule is CCO[C@H]1c2nc3ccccc3c(=O)n2[C@@H](C(C)C)C(=O)N1CCc1ccccc1. The number of hydrogen-bond donors (Lipinski definition) is 0. The van der Waals surface area contributed by atoms with Gasteiger partial charge in [-0.25, -0.2) is 4.98 Å². The van der Waals surface area contributed by atoms with Gasteiger partial charge >= 0.3 is 0 Å². The van der Waals surface area contributed by atoms with E-state index >= 15 is 0 Å². The van der Waals surface area contributed by atoms with E-state index in [0.29, 0.717) is 36.3 Å². The molecule has 1 aliphatic heterocycles. The van der Waals surface area contributed by atoms with Crippen LogP contribution in [0, 0.1) is 5.92 Å². The third-order valence-electron chi connectivity index (χ3n) is 5.59. The molecule has 1 aliphatic rings. The molecule has 2 atom stereocenters. The first-order chi connectivity index (χ1) is 14.5. The van der Waals surface area contributed by atoms with Crippen LogP contribution < -0.4 is 5.56 Å². The Morgan fingerprint density at radius 2 is 1.73 bits per heavy atom. The van der Waals surface area contributed by atoms with Gasteiger partial charge < -0.3 is 9.64 Å². The number of hydrogen-bond acceptors (Lipinski definition) is 4. The van der Waals surface area contributed by atoms with Gasteiger partial charge in [-0.3, -0.25) is 14.2 Å². The van der Waals surface area contributed by atoms with Gasteiger partial charge in [0, 0.05) is 13.2 Å². The third-order valence-corrected chi connectivity index (χ3v) is 5.59. The van der Waals surface area contributed by atoms with E-state index in [1.807, 2.05) is 69.3 Å². The summed E-state index contributed by atoms with van der Waals surface area (Å²) >= 11 is 0. The Morgan fingerprint density at radius 3 is 2.43 bits per heavy atom. The maximum absolute atomic E-state index is 13.6. The predicted molar refractivity (Wildman–Crippen MR) is 116 cm³/mol. The Hall–Kier alpha value is -2.99. The fraction of sp³-hybridized carbons (Fsp3) is 0.375. The minimum Gasteiger partial charge on any atom is -0.351 e. The lowest BCUT2D eigenvalue weighted by Crippen LogP contribution is -2.52. The van der Waals surface area contributed by atoms with Gasteiger partial charge in [0.1, 0.15) is 6.04 Å². The molecule has 0 saturated heterocycles. The van der Waals surface area contributed by atoms with E-state index in [-0.39, 0.29) is 17.4 Å². The molecule has 4 rings (SSSR count). The number of carbonyl (C=O) groups is 1. The number of carbonyl (C=O) groups excluding carboxylic acids is 1. The number of fused-ring (bicyclic) bond motifs is 2.